The fourth-order valence-electron chi connectivity index (χ4n) is 11.4. The summed E-state index contributed by atoms with van der Waals surface area (Å²) in [6.45, 7) is 6.00. The highest BCUT2D eigenvalue weighted by atomic mass is 16.6. The lowest BCUT2D eigenvalue weighted by molar-refractivity contribution is -0.263. The summed E-state index contributed by atoms with van der Waals surface area (Å²) in [6.07, 6.45) is 39.5. The lowest BCUT2D eigenvalue weighted by Gasteiger charge is -2.45. The summed E-state index contributed by atoms with van der Waals surface area (Å²) in [5.41, 5.74) is 4.04. The van der Waals surface area contributed by atoms with Gasteiger partial charge in [0.1, 0.15) is 36.6 Å². The molecule has 0 spiro atoms. The van der Waals surface area contributed by atoms with Crippen molar-refractivity contribution in [1.29, 1.82) is 0 Å². The molecule has 9 nitrogen and oxygen atoms in total. The van der Waals surface area contributed by atoms with Crippen molar-refractivity contribution in [2.75, 3.05) is 6.61 Å². The lowest BCUT2D eigenvalue weighted by atomic mass is 9.92. The van der Waals surface area contributed by atoms with Crippen LogP contribution in [0.5, 0.6) is 0 Å². The molecule has 1 saturated heterocycles. The Morgan fingerprint density at radius 1 is 0.476 bits per heavy atom. The van der Waals surface area contributed by atoms with E-state index in [2.05, 4.69) is 25.2 Å². The molecule has 4 aromatic carbocycles. The molecule has 1 aliphatic rings. The first kappa shape index (κ1) is 70.3. The number of aliphatic hydroxyl groups is 2. The summed E-state index contributed by atoms with van der Waals surface area (Å²) < 4.78 is 34.4. The van der Waals surface area contributed by atoms with Gasteiger partial charge in [0.15, 0.2) is 0 Å². The molecule has 1 aliphatic heterocycles. The fraction of sp³-hybridized carbons (Fsp3) is 0.613. The van der Waals surface area contributed by atoms with Crippen molar-refractivity contribution in [3.8, 4) is 0 Å². The fourth-order valence-corrected chi connectivity index (χ4v) is 11.4. The van der Waals surface area contributed by atoms with Crippen molar-refractivity contribution in [3.63, 3.8) is 0 Å². The van der Waals surface area contributed by atoms with Crippen LogP contribution in [0.4, 0.5) is 0 Å². The summed E-state index contributed by atoms with van der Waals surface area (Å²) in [5, 5.41) is 26.9. The molecule has 0 bridgehead atoms. The Morgan fingerprint density at radius 2 is 0.857 bits per heavy atom. The monoisotopic (exact) mass is 1160 g/mol. The molecule has 0 radical (unpaired) electrons. The molecule has 4 aromatic rings. The second-order valence-electron chi connectivity index (χ2n) is 23.9. The van der Waals surface area contributed by atoms with Gasteiger partial charge in [-0.05, 0) is 41.5 Å². The summed E-state index contributed by atoms with van der Waals surface area (Å²) in [6, 6.07) is 39.4. The molecule has 0 saturated carbocycles. The maximum absolute atomic E-state index is 13.9. The summed E-state index contributed by atoms with van der Waals surface area (Å²) in [4.78, 5) is 13.9. The number of carbonyl (C=O) groups excluding carboxylic acids is 1. The molecule has 1 heterocycles. The number of ether oxygens (including phenoxy) is 5. The van der Waals surface area contributed by atoms with E-state index in [0.29, 0.717) is 26.2 Å². The molecule has 466 valence electrons. The SMILES string of the molecule is CCCCCCCCCCCCCCCCCCC=CCC(=O)N[C@@H](C=C[C@H]1OC(COCc2ccccc2)[C@H](OCc2ccccc2)[C@H](OCc2ccccc2)C1OCc1ccccc1)[C@H](O)[C@H](O)CCCCCCCCCCCCCC. The third-order valence-corrected chi connectivity index (χ3v) is 16.6. The van der Waals surface area contributed by atoms with Crippen LogP contribution in [0.25, 0.3) is 0 Å². The van der Waals surface area contributed by atoms with E-state index in [-0.39, 0.29) is 25.5 Å². The van der Waals surface area contributed by atoms with E-state index >= 15 is 0 Å². The number of hydrogen-bond donors (Lipinski definition) is 3. The van der Waals surface area contributed by atoms with E-state index in [1.54, 1.807) is 6.08 Å². The second-order valence-corrected chi connectivity index (χ2v) is 23.9. The van der Waals surface area contributed by atoms with Gasteiger partial charge in [0, 0.05) is 6.42 Å². The van der Waals surface area contributed by atoms with Gasteiger partial charge in [-0.1, -0.05) is 333 Å². The van der Waals surface area contributed by atoms with Gasteiger partial charge in [0.25, 0.3) is 0 Å². The normalized spacial score (nSPS) is 18.4. The molecule has 1 amide bonds. The van der Waals surface area contributed by atoms with Crippen LogP contribution in [-0.4, -0.2) is 71.5 Å². The molecule has 0 aliphatic carbocycles. The van der Waals surface area contributed by atoms with Gasteiger partial charge in [-0.15, -0.1) is 0 Å². The van der Waals surface area contributed by atoms with Crippen LogP contribution in [0.3, 0.4) is 0 Å². The zero-order valence-corrected chi connectivity index (χ0v) is 52.3. The van der Waals surface area contributed by atoms with Gasteiger partial charge in [-0.25, -0.2) is 0 Å². The highest BCUT2D eigenvalue weighted by Crippen LogP contribution is 2.32. The summed E-state index contributed by atoms with van der Waals surface area (Å²) >= 11 is 0. The molecule has 84 heavy (non-hydrogen) atoms. The number of rotatable bonds is 50. The van der Waals surface area contributed by atoms with E-state index in [9.17, 15) is 15.0 Å². The van der Waals surface area contributed by atoms with Crippen molar-refractivity contribution < 1.29 is 38.7 Å². The van der Waals surface area contributed by atoms with Crippen LogP contribution in [0.1, 0.15) is 235 Å². The van der Waals surface area contributed by atoms with E-state index in [1.165, 1.54) is 154 Å². The first-order valence-corrected chi connectivity index (χ1v) is 33.7. The second kappa shape index (κ2) is 46.7. The van der Waals surface area contributed by atoms with Gasteiger partial charge in [0.05, 0.1) is 45.2 Å². The Kier molecular flexibility index (Phi) is 39.1. The van der Waals surface area contributed by atoms with Crippen LogP contribution in [0, 0.1) is 0 Å². The van der Waals surface area contributed by atoms with Crippen molar-refractivity contribution in [1.82, 2.24) is 5.32 Å². The minimum Gasteiger partial charge on any atom is -0.390 e. The quantitative estimate of drug-likeness (QED) is 0.0296. The molecule has 8 atom stereocenters. The van der Waals surface area contributed by atoms with Crippen molar-refractivity contribution in [2.24, 2.45) is 0 Å². The average molecular weight is 1160 g/mol. The van der Waals surface area contributed by atoms with Gasteiger partial charge < -0.3 is 39.2 Å². The third-order valence-electron chi connectivity index (χ3n) is 16.6. The molecule has 3 N–H and O–H groups in total. The average Bonchev–Trinajstić information content (AvgIpc) is 3.42. The van der Waals surface area contributed by atoms with E-state index in [1.807, 2.05) is 133 Å². The largest absolute Gasteiger partial charge is 0.390 e. The van der Waals surface area contributed by atoms with Gasteiger partial charge in [0.2, 0.25) is 5.91 Å². The van der Waals surface area contributed by atoms with Crippen LogP contribution in [-0.2, 0) is 54.9 Å². The molecular formula is C75H113NO8. The molecular weight excluding hydrogens is 1040 g/mol. The van der Waals surface area contributed by atoms with Crippen molar-refractivity contribution in [2.45, 2.75) is 288 Å². The molecule has 1 fully saturated rings. The predicted octanol–water partition coefficient (Wildman–Crippen LogP) is 18.2. The van der Waals surface area contributed by atoms with Crippen molar-refractivity contribution >= 4 is 5.91 Å². The maximum atomic E-state index is 13.9. The Bertz CT molecular complexity index is 2210. The van der Waals surface area contributed by atoms with Gasteiger partial charge in [-0.2, -0.15) is 0 Å². The van der Waals surface area contributed by atoms with Gasteiger partial charge in [-0.3, -0.25) is 4.79 Å². The highest BCUT2D eigenvalue weighted by Gasteiger charge is 2.48. The third kappa shape index (κ3) is 31.3. The van der Waals surface area contributed by atoms with Crippen LogP contribution >= 0.6 is 0 Å². The number of nitrogens with one attached hydrogen (secondary N) is 1. The maximum Gasteiger partial charge on any atom is 0.224 e. The number of hydrogen-bond acceptors (Lipinski definition) is 8. The number of benzene rings is 4. The first-order chi connectivity index (χ1) is 41.4. The highest BCUT2D eigenvalue weighted by molar-refractivity contribution is 5.78. The zero-order valence-electron chi connectivity index (χ0n) is 52.3. The number of amides is 1. The lowest BCUT2D eigenvalue weighted by Crippen LogP contribution is -2.60. The Labute approximate surface area is 510 Å². The minimum atomic E-state index is -1.27. The number of aliphatic hydroxyl groups excluding tert-OH is 2. The smallest absolute Gasteiger partial charge is 0.224 e. The van der Waals surface area contributed by atoms with Crippen LogP contribution in [0.2, 0.25) is 0 Å². The Morgan fingerprint density at radius 3 is 1.30 bits per heavy atom. The van der Waals surface area contributed by atoms with E-state index in [0.717, 1.165) is 54.4 Å². The molecule has 5 rings (SSSR count). The number of allylic oxidation sites excluding steroid dienone is 1. The van der Waals surface area contributed by atoms with Crippen LogP contribution in [0.15, 0.2) is 146 Å². The standard InChI is InChI=1S/C75H113NO8/c1-3-5-7-9-11-13-15-17-18-19-20-21-22-23-25-27-29-31-45-55-71(78)76-67(72(79)68(77)54-44-30-28-26-24-16-14-12-10-8-6-4-2)56-57-69-73(81-59-64-48-38-33-39-49-64)75(83-61-66-52-42-35-43-53-66)74(82-60-65-50-40-34-41-51-65)70(84-69)62-80-58-63-46-36-32-37-47-63/h31-43,45-53,56-57,67-70,72-75,77,79H,3-30,44,54-55,58-62H2,1-2H3,(H,76,78)/t67-,68+,69+,70?,72-,73?,74-,75+/m0/s1. The summed E-state index contributed by atoms with van der Waals surface area (Å²) in [7, 11) is 0. The van der Waals surface area contributed by atoms with E-state index < -0.39 is 48.8 Å². The van der Waals surface area contributed by atoms with Gasteiger partial charge >= 0.3 is 0 Å². The molecule has 2 unspecified atom stereocenters. The zero-order chi connectivity index (χ0) is 59.2. The number of carbonyl (C=O) groups is 1. The number of unbranched alkanes of at least 4 members (excludes halogenated alkanes) is 27. The minimum absolute atomic E-state index is 0.171. The summed E-state index contributed by atoms with van der Waals surface area (Å²) in [5.74, 6) is -0.225. The predicted molar refractivity (Wildman–Crippen MR) is 347 cm³/mol. The first-order valence-electron chi connectivity index (χ1n) is 33.7. The topological polar surface area (TPSA) is 116 Å². The van der Waals surface area contributed by atoms with Crippen molar-refractivity contribution in [3.05, 3.63) is 168 Å². The Balaban J connectivity index is 1.28. The molecule has 0 aromatic heterocycles. The van der Waals surface area contributed by atoms with Crippen LogP contribution < -0.4 is 5.32 Å². The Hall–Kier alpha value is -4.45. The van der Waals surface area contributed by atoms with E-state index in [4.69, 9.17) is 23.7 Å². The molecule has 9 heteroatoms.